The molecule has 2 heterocycles. The van der Waals surface area contributed by atoms with E-state index in [2.05, 4.69) is 30.6 Å². The van der Waals surface area contributed by atoms with Crippen molar-refractivity contribution < 1.29 is 41.1 Å². The van der Waals surface area contributed by atoms with Gasteiger partial charge in [-0.25, -0.2) is 46.4 Å². The second-order valence-corrected chi connectivity index (χ2v) is 16.8. The standard InChI is InChI=1S/C38H36N6O9S2/c1-54(49,50)36-40-18-26(19-41-36)23-15-24(27-20-42-37(43-21-27)55(2,51)52)17-25(16-23)34(45)44-33(35(46)47)13-7-8-14-39-38(48)53-22-32-30-11-5-3-9-28(30)29-10-4-6-12-31(29)32/h3-6,9-12,15-21,32-33H,7-8,13-14,22H2,1-2H3,(H,39,48)(H,44,45)(H,46,47)/t33-/m0/s1. The van der Waals surface area contributed by atoms with E-state index in [0.717, 1.165) is 34.8 Å². The van der Waals surface area contributed by atoms with Crippen molar-refractivity contribution in [3.63, 3.8) is 0 Å². The van der Waals surface area contributed by atoms with Crippen LogP contribution in [-0.2, 0) is 29.2 Å². The van der Waals surface area contributed by atoms with Gasteiger partial charge in [0.1, 0.15) is 12.6 Å². The number of ether oxygens (including phenoxy) is 1. The highest BCUT2D eigenvalue weighted by Crippen LogP contribution is 2.44. The van der Waals surface area contributed by atoms with E-state index in [1.807, 2.05) is 48.5 Å². The minimum atomic E-state index is -3.69. The molecule has 284 valence electrons. The normalized spacial score (nSPS) is 13.0. The molecule has 3 aromatic carbocycles. The van der Waals surface area contributed by atoms with Crippen LogP contribution in [0.2, 0.25) is 0 Å². The van der Waals surface area contributed by atoms with Gasteiger partial charge in [0.2, 0.25) is 30.0 Å². The van der Waals surface area contributed by atoms with Gasteiger partial charge < -0.3 is 20.5 Å². The van der Waals surface area contributed by atoms with E-state index in [-0.39, 0.29) is 31.1 Å². The Bertz CT molecular complexity index is 2340. The van der Waals surface area contributed by atoms with Gasteiger partial charge in [0.25, 0.3) is 5.91 Å². The number of carbonyl (C=O) groups is 3. The number of aliphatic carboxylic acids is 1. The first-order valence-electron chi connectivity index (χ1n) is 17.0. The van der Waals surface area contributed by atoms with Crippen molar-refractivity contribution in [2.24, 2.45) is 0 Å². The Morgan fingerprint density at radius 3 is 1.69 bits per heavy atom. The van der Waals surface area contributed by atoms with Gasteiger partial charge in [-0.05, 0) is 70.8 Å². The topological polar surface area (TPSA) is 225 Å². The quantitative estimate of drug-likeness (QED) is 0.106. The van der Waals surface area contributed by atoms with E-state index < -0.39 is 54.0 Å². The summed E-state index contributed by atoms with van der Waals surface area (Å²) in [6.45, 7) is 0.386. The molecular formula is C38H36N6O9S2. The molecule has 1 aliphatic rings. The largest absolute Gasteiger partial charge is 0.480 e. The van der Waals surface area contributed by atoms with Crippen molar-refractivity contribution in [1.82, 2.24) is 30.6 Å². The van der Waals surface area contributed by atoms with Crippen LogP contribution in [0, 0.1) is 0 Å². The minimum absolute atomic E-state index is 0.0371. The average Bonchev–Trinajstić information content (AvgIpc) is 3.49. The maximum atomic E-state index is 13.5. The van der Waals surface area contributed by atoms with E-state index in [1.54, 1.807) is 6.07 Å². The third-order valence-electron chi connectivity index (χ3n) is 8.92. The lowest BCUT2D eigenvalue weighted by molar-refractivity contribution is -0.139. The summed E-state index contributed by atoms with van der Waals surface area (Å²) in [5, 5.41) is 14.4. The Morgan fingerprint density at radius 2 is 1.22 bits per heavy atom. The molecule has 0 spiro atoms. The van der Waals surface area contributed by atoms with Crippen molar-refractivity contribution in [1.29, 1.82) is 0 Å². The van der Waals surface area contributed by atoms with Gasteiger partial charge in [-0.1, -0.05) is 48.5 Å². The maximum Gasteiger partial charge on any atom is 0.407 e. The zero-order valence-electron chi connectivity index (χ0n) is 29.7. The van der Waals surface area contributed by atoms with Crippen LogP contribution in [0.15, 0.2) is 102 Å². The van der Waals surface area contributed by atoms with E-state index in [9.17, 15) is 36.3 Å². The molecular weight excluding hydrogens is 749 g/mol. The molecule has 5 aromatic rings. The summed E-state index contributed by atoms with van der Waals surface area (Å²) in [5.74, 6) is -2.07. The SMILES string of the molecule is CS(=O)(=O)c1ncc(-c2cc(C(=O)N[C@@H](CCCCNC(=O)OCC3c4ccccc4-c4ccccc43)C(=O)O)cc(-c3cnc(S(C)(=O)=O)nc3)c2)cn1. The highest BCUT2D eigenvalue weighted by Gasteiger charge is 2.29. The van der Waals surface area contributed by atoms with Crippen LogP contribution in [0.5, 0.6) is 0 Å². The number of hydrogen-bond acceptors (Lipinski definition) is 12. The van der Waals surface area contributed by atoms with Crippen LogP contribution in [0.4, 0.5) is 4.79 Å². The third kappa shape index (κ3) is 9.18. The first-order chi connectivity index (χ1) is 26.2. The highest BCUT2D eigenvalue weighted by molar-refractivity contribution is 7.90. The smallest absolute Gasteiger partial charge is 0.407 e. The van der Waals surface area contributed by atoms with Crippen LogP contribution >= 0.6 is 0 Å². The number of sulfone groups is 2. The summed E-state index contributed by atoms with van der Waals surface area (Å²) >= 11 is 0. The predicted molar refractivity (Wildman–Crippen MR) is 201 cm³/mol. The summed E-state index contributed by atoms with van der Waals surface area (Å²) in [4.78, 5) is 54.0. The van der Waals surface area contributed by atoms with Gasteiger partial charge in [0, 0.05) is 66.5 Å². The van der Waals surface area contributed by atoms with Crippen LogP contribution in [0.3, 0.4) is 0 Å². The zero-order valence-corrected chi connectivity index (χ0v) is 31.3. The molecule has 1 aliphatic carbocycles. The molecule has 2 aromatic heterocycles. The molecule has 0 saturated carbocycles. The number of amides is 2. The number of carbonyl (C=O) groups excluding carboxylic acids is 2. The Labute approximate surface area is 317 Å². The molecule has 0 aliphatic heterocycles. The number of aromatic nitrogens is 4. The lowest BCUT2D eigenvalue weighted by atomic mass is 9.98. The van der Waals surface area contributed by atoms with E-state index >= 15 is 0 Å². The highest BCUT2D eigenvalue weighted by atomic mass is 32.2. The number of nitrogens with zero attached hydrogens (tertiary/aromatic N) is 4. The number of unbranched alkanes of at least 4 members (excludes halogenated alkanes) is 1. The molecule has 1 atom stereocenters. The van der Waals surface area contributed by atoms with Crippen molar-refractivity contribution in [2.45, 2.75) is 41.5 Å². The van der Waals surface area contributed by atoms with Crippen molar-refractivity contribution in [3.05, 3.63) is 108 Å². The molecule has 0 saturated heterocycles. The summed E-state index contributed by atoms with van der Waals surface area (Å²) in [6.07, 6.45) is 7.23. The number of carboxylic acids is 1. The molecule has 0 unspecified atom stereocenters. The number of fused-ring (bicyclic) bond motifs is 3. The van der Waals surface area contributed by atoms with Crippen molar-refractivity contribution >= 4 is 37.6 Å². The zero-order chi connectivity index (χ0) is 39.3. The summed E-state index contributed by atoms with van der Waals surface area (Å²) < 4.78 is 53.1. The van der Waals surface area contributed by atoms with Crippen LogP contribution in [0.25, 0.3) is 33.4 Å². The number of benzene rings is 3. The Hall–Kier alpha value is -6.07. The van der Waals surface area contributed by atoms with Gasteiger partial charge in [0.15, 0.2) is 0 Å². The second-order valence-electron chi connectivity index (χ2n) is 13.0. The fourth-order valence-corrected chi connectivity index (χ4v) is 7.19. The van der Waals surface area contributed by atoms with Gasteiger partial charge in [-0.15, -0.1) is 0 Å². The fraction of sp³-hybridized carbons (Fsp3) is 0.237. The Balaban J connectivity index is 1.08. The number of carboxylic acid groups (broad SMARTS) is 1. The predicted octanol–water partition coefficient (Wildman–Crippen LogP) is 4.30. The van der Waals surface area contributed by atoms with E-state index in [4.69, 9.17) is 4.74 Å². The lowest BCUT2D eigenvalue weighted by Crippen LogP contribution is -2.40. The second kappa shape index (κ2) is 16.1. The van der Waals surface area contributed by atoms with Gasteiger partial charge in [-0.3, -0.25) is 4.79 Å². The maximum absolute atomic E-state index is 13.5. The molecule has 17 heteroatoms. The fourth-order valence-electron chi connectivity index (χ4n) is 6.22. The number of alkyl carbamates (subject to hydrolysis) is 1. The van der Waals surface area contributed by atoms with Crippen LogP contribution < -0.4 is 10.6 Å². The first kappa shape index (κ1) is 38.6. The number of nitrogens with one attached hydrogen (secondary N) is 2. The molecule has 15 nitrogen and oxygen atoms in total. The summed E-state index contributed by atoms with van der Waals surface area (Å²) in [7, 11) is -7.37. The van der Waals surface area contributed by atoms with E-state index in [0.29, 0.717) is 35.1 Å². The van der Waals surface area contributed by atoms with Crippen LogP contribution in [0.1, 0.15) is 46.7 Å². The summed E-state index contributed by atoms with van der Waals surface area (Å²) in [6, 6.07) is 19.3. The average molecular weight is 785 g/mol. The molecule has 0 radical (unpaired) electrons. The van der Waals surface area contributed by atoms with Crippen LogP contribution in [-0.4, -0.2) is 91.6 Å². The van der Waals surface area contributed by atoms with Crippen molar-refractivity contribution in [2.75, 3.05) is 25.7 Å². The Morgan fingerprint density at radius 1 is 0.727 bits per heavy atom. The van der Waals surface area contributed by atoms with E-state index in [1.165, 1.54) is 36.9 Å². The third-order valence-corrected chi connectivity index (χ3v) is 10.7. The lowest BCUT2D eigenvalue weighted by Gasteiger charge is -2.16. The van der Waals surface area contributed by atoms with Gasteiger partial charge in [0.05, 0.1) is 0 Å². The number of rotatable bonds is 14. The van der Waals surface area contributed by atoms with Gasteiger partial charge >= 0.3 is 12.1 Å². The summed E-state index contributed by atoms with van der Waals surface area (Å²) in [5.41, 5.74) is 5.90. The molecule has 2 amide bonds. The minimum Gasteiger partial charge on any atom is -0.480 e. The number of hydrogen-bond donors (Lipinski definition) is 3. The van der Waals surface area contributed by atoms with Crippen molar-refractivity contribution in [3.8, 4) is 33.4 Å². The first-order valence-corrected chi connectivity index (χ1v) is 20.8. The van der Waals surface area contributed by atoms with Gasteiger partial charge in [-0.2, -0.15) is 0 Å². The molecule has 0 fully saturated rings. The molecule has 3 N–H and O–H groups in total. The molecule has 0 bridgehead atoms. The monoisotopic (exact) mass is 784 g/mol. The molecule has 6 rings (SSSR count). The molecule has 55 heavy (non-hydrogen) atoms. The Kier molecular flexibility index (Phi) is 11.3.